The number of carbonyl (C=O) groups is 1. The summed E-state index contributed by atoms with van der Waals surface area (Å²) in [6.07, 6.45) is 0.469. The van der Waals surface area contributed by atoms with Gasteiger partial charge in [-0.15, -0.1) is 0 Å². The third-order valence-electron chi connectivity index (χ3n) is 2.97. The van der Waals surface area contributed by atoms with E-state index in [1.807, 2.05) is 0 Å². The van der Waals surface area contributed by atoms with Gasteiger partial charge < -0.3 is 5.11 Å². The van der Waals surface area contributed by atoms with E-state index in [0.717, 1.165) is 18.2 Å². The van der Waals surface area contributed by atoms with E-state index < -0.39 is 38.6 Å². The Bertz CT molecular complexity index is 597. The molecule has 1 aliphatic heterocycles. The van der Waals surface area contributed by atoms with Crippen LogP contribution in [0.15, 0.2) is 23.1 Å². The molecular formula is C11H11F2NO4S. The lowest BCUT2D eigenvalue weighted by molar-refractivity contribution is -0.140. The van der Waals surface area contributed by atoms with Crippen molar-refractivity contribution in [3.8, 4) is 0 Å². The molecular weight excluding hydrogens is 280 g/mol. The molecule has 0 amide bonds. The molecule has 1 heterocycles. The molecule has 0 radical (unpaired) electrons. The number of halogens is 2. The van der Waals surface area contributed by atoms with Crippen molar-refractivity contribution >= 4 is 16.0 Å². The van der Waals surface area contributed by atoms with Crippen LogP contribution in [0.4, 0.5) is 8.78 Å². The second-order valence-corrected chi connectivity index (χ2v) is 5.99. The van der Waals surface area contributed by atoms with Gasteiger partial charge in [0, 0.05) is 6.54 Å². The molecule has 5 nitrogen and oxygen atoms in total. The van der Waals surface area contributed by atoms with Crippen molar-refractivity contribution < 1.29 is 27.1 Å². The van der Waals surface area contributed by atoms with Gasteiger partial charge in [-0.1, -0.05) is 6.07 Å². The Kier molecular flexibility index (Phi) is 3.55. The SMILES string of the molecule is O=C(O)[C@@H]1CCCN1S(=O)(=O)c1c(F)cccc1F. The Balaban J connectivity index is 2.51. The van der Waals surface area contributed by atoms with E-state index in [4.69, 9.17) is 5.11 Å². The Morgan fingerprint density at radius 2 is 1.89 bits per heavy atom. The summed E-state index contributed by atoms with van der Waals surface area (Å²) in [4.78, 5) is 9.87. The zero-order valence-electron chi connectivity index (χ0n) is 9.71. The maximum absolute atomic E-state index is 13.5. The highest BCUT2D eigenvalue weighted by Crippen LogP contribution is 2.29. The van der Waals surface area contributed by atoms with Crippen LogP contribution < -0.4 is 0 Å². The zero-order chi connectivity index (χ0) is 14.2. The Labute approximate surface area is 108 Å². The molecule has 0 aromatic heterocycles. The summed E-state index contributed by atoms with van der Waals surface area (Å²) in [7, 11) is -4.49. The second-order valence-electron chi connectivity index (χ2n) is 4.16. The van der Waals surface area contributed by atoms with Crippen molar-refractivity contribution in [2.75, 3.05) is 6.54 Å². The van der Waals surface area contributed by atoms with E-state index in [0.29, 0.717) is 10.7 Å². The van der Waals surface area contributed by atoms with Gasteiger partial charge in [-0.3, -0.25) is 4.79 Å². The first-order chi connectivity index (χ1) is 8.85. The van der Waals surface area contributed by atoms with Gasteiger partial charge in [0.2, 0.25) is 10.0 Å². The van der Waals surface area contributed by atoms with E-state index in [-0.39, 0.29) is 13.0 Å². The minimum absolute atomic E-state index is 0.0624. The number of hydrogen-bond acceptors (Lipinski definition) is 3. The molecule has 1 saturated heterocycles. The first kappa shape index (κ1) is 13.9. The molecule has 1 atom stereocenters. The summed E-state index contributed by atoms with van der Waals surface area (Å²) in [5, 5.41) is 8.94. The summed E-state index contributed by atoms with van der Waals surface area (Å²) < 4.78 is 52.1. The monoisotopic (exact) mass is 291 g/mol. The number of carboxylic acids is 1. The normalized spacial score (nSPS) is 20.6. The maximum atomic E-state index is 13.5. The Morgan fingerprint density at radius 3 is 2.42 bits per heavy atom. The number of nitrogens with zero attached hydrogens (tertiary/aromatic N) is 1. The topological polar surface area (TPSA) is 74.7 Å². The van der Waals surface area contributed by atoms with Gasteiger partial charge in [-0.2, -0.15) is 4.31 Å². The lowest BCUT2D eigenvalue weighted by atomic mass is 10.2. The minimum Gasteiger partial charge on any atom is -0.480 e. The molecule has 0 bridgehead atoms. The molecule has 1 aliphatic rings. The molecule has 0 saturated carbocycles. The van der Waals surface area contributed by atoms with Crippen molar-refractivity contribution in [3.63, 3.8) is 0 Å². The number of sulfonamides is 1. The van der Waals surface area contributed by atoms with Gasteiger partial charge in [0.05, 0.1) is 0 Å². The molecule has 8 heteroatoms. The maximum Gasteiger partial charge on any atom is 0.322 e. The van der Waals surface area contributed by atoms with Crippen LogP contribution in [0.1, 0.15) is 12.8 Å². The number of benzene rings is 1. The van der Waals surface area contributed by atoms with E-state index in [1.54, 1.807) is 0 Å². The van der Waals surface area contributed by atoms with E-state index in [2.05, 4.69) is 0 Å². The van der Waals surface area contributed by atoms with Gasteiger partial charge >= 0.3 is 5.97 Å². The summed E-state index contributed by atoms with van der Waals surface area (Å²) in [5.74, 6) is -3.77. The van der Waals surface area contributed by atoms with Crippen molar-refractivity contribution in [1.82, 2.24) is 4.31 Å². The predicted molar refractivity (Wildman–Crippen MR) is 60.9 cm³/mol. The molecule has 0 unspecified atom stereocenters. The summed E-state index contributed by atoms with van der Waals surface area (Å²) in [6, 6.07) is 1.41. The number of hydrogen-bond donors (Lipinski definition) is 1. The minimum atomic E-state index is -4.49. The van der Waals surface area contributed by atoms with Crippen LogP contribution in [-0.4, -0.2) is 36.4 Å². The van der Waals surface area contributed by atoms with Crippen LogP contribution in [0.5, 0.6) is 0 Å². The van der Waals surface area contributed by atoms with Crippen LogP contribution in [0.3, 0.4) is 0 Å². The fraction of sp³-hybridized carbons (Fsp3) is 0.364. The van der Waals surface area contributed by atoms with Gasteiger partial charge in [-0.05, 0) is 25.0 Å². The zero-order valence-corrected chi connectivity index (χ0v) is 10.5. The largest absolute Gasteiger partial charge is 0.480 e. The predicted octanol–water partition coefficient (Wildman–Crippen LogP) is 1.20. The Morgan fingerprint density at radius 1 is 1.32 bits per heavy atom. The standard InChI is InChI=1S/C11H11F2NO4S/c12-7-3-1-4-8(13)10(7)19(17,18)14-6-2-5-9(14)11(15)16/h1,3-4,9H,2,5-6H2,(H,15,16)/t9-/m0/s1. The van der Waals surface area contributed by atoms with Crippen LogP contribution in [0, 0.1) is 11.6 Å². The third-order valence-corrected chi connectivity index (χ3v) is 4.93. The summed E-state index contributed by atoms with van der Waals surface area (Å²) >= 11 is 0. The molecule has 1 aromatic rings. The highest BCUT2D eigenvalue weighted by Gasteiger charge is 2.41. The molecule has 104 valence electrons. The average Bonchev–Trinajstić information content (AvgIpc) is 2.77. The first-order valence-corrected chi connectivity index (χ1v) is 6.98. The lowest BCUT2D eigenvalue weighted by Gasteiger charge is -2.21. The third kappa shape index (κ3) is 2.33. The fourth-order valence-electron chi connectivity index (χ4n) is 2.12. The van der Waals surface area contributed by atoms with Gasteiger partial charge in [0.15, 0.2) is 4.90 Å². The van der Waals surface area contributed by atoms with E-state index in [9.17, 15) is 22.0 Å². The molecule has 1 fully saturated rings. The highest BCUT2D eigenvalue weighted by molar-refractivity contribution is 7.89. The van der Waals surface area contributed by atoms with Crippen molar-refractivity contribution in [3.05, 3.63) is 29.8 Å². The van der Waals surface area contributed by atoms with Gasteiger partial charge in [0.1, 0.15) is 17.7 Å². The molecule has 19 heavy (non-hydrogen) atoms. The number of rotatable bonds is 3. The van der Waals surface area contributed by atoms with Gasteiger partial charge in [-0.25, -0.2) is 17.2 Å². The summed E-state index contributed by atoms with van der Waals surface area (Å²) in [6.45, 7) is -0.0624. The van der Waals surface area contributed by atoms with Crippen molar-refractivity contribution in [2.24, 2.45) is 0 Å². The first-order valence-electron chi connectivity index (χ1n) is 5.54. The van der Waals surface area contributed by atoms with Crippen molar-refractivity contribution in [1.29, 1.82) is 0 Å². The Hall–Kier alpha value is -1.54. The molecule has 1 N–H and O–H groups in total. The number of aliphatic carboxylic acids is 1. The fourth-order valence-corrected chi connectivity index (χ4v) is 3.88. The summed E-state index contributed by atoms with van der Waals surface area (Å²) in [5.41, 5.74) is 0. The molecule has 2 rings (SSSR count). The highest BCUT2D eigenvalue weighted by atomic mass is 32.2. The van der Waals surface area contributed by atoms with Gasteiger partial charge in [0.25, 0.3) is 0 Å². The quantitative estimate of drug-likeness (QED) is 0.908. The van der Waals surface area contributed by atoms with Crippen LogP contribution >= 0.6 is 0 Å². The molecule has 1 aromatic carbocycles. The molecule has 0 aliphatic carbocycles. The smallest absolute Gasteiger partial charge is 0.322 e. The lowest BCUT2D eigenvalue weighted by Crippen LogP contribution is -2.41. The van der Waals surface area contributed by atoms with Crippen LogP contribution in [0.25, 0.3) is 0 Å². The second kappa shape index (κ2) is 4.86. The van der Waals surface area contributed by atoms with E-state index in [1.165, 1.54) is 0 Å². The van der Waals surface area contributed by atoms with E-state index >= 15 is 0 Å². The van der Waals surface area contributed by atoms with Crippen LogP contribution in [0.2, 0.25) is 0 Å². The van der Waals surface area contributed by atoms with Crippen molar-refractivity contribution in [2.45, 2.75) is 23.8 Å². The molecule has 0 spiro atoms. The number of carboxylic acid groups (broad SMARTS) is 1. The average molecular weight is 291 g/mol. The van der Waals surface area contributed by atoms with Crippen LogP contribution in [-0.2, 0) is 14.8 Å².